The van der Waals surface area contributed by atoms with Gasteiger partial charge in [-0.1, -0.05) is 41.3 Å². The zero-order valence-corrected chi connectivity index (χ0v) is 16.1. The summed E-state index contributed by atoms with van der Waals surface area (Å²) in [5.41, 5.74) is 1.42. The zero-order chi connectivity index (χ0) is 18.3. The molecule has 2 atom stereocenters. The Hall–Kier alpha value is -1.56. The summed E-state index contributed by atoms with van der Waals surface area (Å²) in [5, 5.41) is 8.33. The van der Waals surface area contributed by atoms with Gasteiger partial charge < -0.3 is 9.84 Å². The Bertz CT molecular complexity index is 819. The Morgan fingerprint density at radius 3 is 2.85 bits per heavy atom. The minimum atomic E-state index is -0.163. The van der Waals surface area contributed by atoms with Crippen LogP contribution in [0.2, 0.25) is 10.0 Å². The third-order valence-corrected chi connectivity index (χ3v) is 5.74. The van der Waals surface area contributed by atoms with Crippen LogP contribution in [0.25, 0.3) is 0 Å². The highest BCUT2D eigenvalue weighted by molar-refractivity contribution is 6.35. The van der Waals surface area contributed by atoms with Gasteiger partial charge in [-0.2, -0.15) is 0 Å². The Balaban J connectivity index is 1.36. The van der Waals surface area contributed by atoms with Crippen LogP contribution in [-0.4, -0.2) is 35.1 Å². The molecule has 4 rings (SSSR count). The topological polar surface area (TPSA) is 58.4 Å². The SMILES string of the molecule is C[C@H]1CN(Cc2ccc(Cl)cc2Cl)C[C@H]1NC(=O)c1cc(C2CC2)on1. The number of aromatic nitrogens is 1. The van der Waals surface area contributed by atoms with E-state index in [4.69, 9.17) is 27.7 Å². The third kappa shape index (κ3) is 3.90. The van der Waals surface area contributed by atoms with Crippen molar-refractivity contribution in [3.05, 3.63) is 51.3 Å². The van der Waals surface area contributed by atoms with Crippen LogP contribution in [0, 0.1) is 5.92 Å². The highest BCUT2D eigenvalue weighted by atomic mass is 35.5. The molecule has 2 aromatic rings. The molecule has 2 aliphatic rings. The molecule has 138 valence electrons. The highest BCUT2D eigenvalue weighted by Crippen LogP contribution is 2.40. The molecule has 0 unspecified atom stereocenters. The summed E-state index contributed by atoms with van der Waals surface area (Å²) in [7, 11) is 0. The standard InChI is InChI=1S/C19H21Cl2N3O2/c1-11-8-24(9-13-4-5-14(20)6-15(13)21)10-17(11)22-19(25)16-7-18(26-23-16)12-2-3-12/h4-7,11-12,17H,2-3,8-10H2,1H3,(H,22,25)/t11-,17+/m0/s1. The van der Waals surface area contributed by atoms with Crippen LogP contribution in [0.1, 0.15) is 47.5 Å². The van der Waals surface area contributed by atoms with Gasteiger partial charge in [0.1, 0.15) is 5.76 Å². The van der Waals surface area contributed by atoms with E-state index in [1.807, 2.05) is 12.1 Å². The van der Waals surface area contributed by atoms with Crippen LogP contribution in [0.4, 0.5) is 0 Å². The monoisotopic (exact) mass is 393 g/mol. The first kappa shape index (κ1) is 17.8. The van der Waals surface area contributed by atoms with Crippen LogP contribution in [0.5, 0.6) is 0 Å². The molecule has 2 heterocycles. The molecular formula is C19H21Cl2N3O2. The number of hydrogen-bond donors (Lipinski definition) is 1. The summed E-state index contributed by atoms with van der Waals surface area (Å²) in [4.78, 5) is 14.8. The lowest BCUT2D eigenvalue weighted by molar-refractivity contribution is 0.0922. The Morgan fingerprint density at radius 1 is 1.31 bits per heavy atom. The van der Waals surface area contributed by atoms with E-state index >= 15 is 0 Å². The predicted molar refractivity (Wildman–Crippen MR) is 101 cm³/mol. The number of nitrogens with one attached hydrogen (secondary N) is 1. The van der Waals surface area contributed by atoms with Gasteiger partial charge >= 0.3 is 0 Å². The number of amides is 1. The van der Waals surface area contributed by atoms with E-state index in [1.165, 1.54) is 0 Å². The summed E-state index contributed by atoms with van der Waals surface area (Å²) in [6.45, 7) is 4.56. The Morgan fingerprint density at radius 2 is 2.12 bits per heavy atom. The highest BCUT2D eigenvalue weighted by Gasteiger charge is 2.33. The molecule has 0 radical (unpaired) electrons. The molecule has 1 N–H and O–H groups in total. The number of carbonyl (C=O) groups excluding carboxylic acids is 1. The van der Waals surface area contributed by atoms with Gasteiger partial charge in [0, 0.05) is 47.7 Å². The molecule has 2 fully saturated rings. The van der Waals surface area contributed by atoms with Crippen LogP contribution < -0.4 is 5.32 Å². The van der Waals surface area contributed by atoms with Gasteiger partial charge in [-0.05, 0) is 36.5 Å². The van der Waals surface area contributed by atoms with Gasteiger partial charge in [-0.25, -0.2) is 0 Å². The molecular weight excluding hydrogens is 373 g/mol. The maximum absolute atomic E-state index is 12.5. The summed E-state index contributed by atoms with van der Waals surface area (Å²) >= 11 is 12.2. The molecule has 1 aliphatic carbocycles. The number of likely N-dealkylation sites (tertiary alicyclic amines) is 1. The van der Waals surface area contributed by atoms with Crippen LogP contribution in [0.3, 0.4) is 0 Å². The van der Waals surface area contributed by atoms with Gasteiger partial charge in [0.25, 0.3) is 5.91 Å². The van der Waals surface area contributed by atoms with Crippen molar-refractivity contribution in [2.45, 2.75) is 38.3 Å². The zero-order valence-electron chi connectivity index (χ0n) is 14.5. The first-order chi connectivity index (χ1) is 12.5. The van der Waals surface area contributed by atoms with Crippen molar-refractivity contribution in [2.24, 2.45) is 5.92 Å². The second-order valence-corrected chi connectivity index (χ2v) is 8.22. The third-order valence-electron chi connectivity index (χ3n) is 5.15. The number of hydrogen-bond acceptors (Lipinski definition) is 4. The summed E-state index contributed by atoms with van der Waals surface area (Å²) in [6.07, 6.45) is 2.25. The average Bonchev–Trinajstić information content (AvgIpc) is 3.22. The van der Waals surface area contributed by atoms with E-state index in [9.17, 15) is 4.79 Å². The predicted octanol–water partition coefficient (Wildman–Crippen LogP) is 4.11. The maximum atomic E-state index is 12.5. The minimum Gasteiger partial charge on any atom is -0.360 e. The maximum Gasteiger partial charge on any atom is 0.273 e. The van der Waals surface area contributed by atoms with E-state index in [2.05, 4.69) is 22.3 Å². The van der Waals surface area contributed by atoms with E-state index in [0.717, 1.165) is 43.8 Å². The van der Waals surface area contributed by atoms with E-state index in [0.29, 0.717) is 27.6 Å². The van der Waals surface area contributed by atoms with Crippen molar-refractivity contribution >= 4 is 29.1 Å². The number of halogens is 2. The van der Waals surface area contributed by atoms with E-state index in [-0.39, 0.29) is 11.9 Å². The number of benzene rings is 1. The van der Waals surface area contributed by atoms with E-state index < -0.39 is 0 Å². The molecule has 1 saturated carbocycles. The van der Waals surface area contributed by atoms with Gasteiger partial charge in [-0.3, -0.25) is 9.69 Å². The quantitative estimate of drug-likeness (QED) is 0.829. The smallest absolute Gasteiger partial charge is 0.273 e. The van der Waals surface area contributed by atoms with Gasteiger partial charge in [0.15, 0.2) is 5.69 Å². The lowest BCUT2D eigenvalue weighted by atomic mass is 10.1. The number of carbonyl (C=O) groups is 1. The molecule has 0 spiro atoms. The molecule has 1 saturated heterocycles. The fraction of sp³-hybridized carbons (Fsp3) is 0.474. The van der Waals surface area contributed by atoms with Crippen molar-refractivity contribution in [1.82, 2.24) is 15.4 Å². The first-order valence-electron chi connectivity index (χ1n) is 8.93. The molecule has 1 amide bonds. The largest absolute Gasteiger partial charge is 0.360 e. The van der Waals surface area contributed by atoms with Crippen LogP contribution in [-0.2, 0) is 6.54 Å². The van der Waals surface area contributed by atoms with Crippen molar-refractivity contribution < 1.29 is 9.32 Å². The normalized spacial score (nSPS) is 23.3. The summed E-state index contributed by atoms with van der Waals surface area (Å²) < 4.78 is 5.28. The number of nitrogens with zero attached hydrogens (tertiary/aromatic N) is 2. The molecule has 7 heteroatoms. The molecule has 0 bridgehead atoms. The van der Waals surface area contributed by atoms with Gasteiger partial charge in [0.2, 0.25) is 0 Å². The van der Waals surface area contributed by atoms with Crippen molar-refractivity contribution in [2.75, 3.05) is 13.1 Å². The fourth-order valence-electron chi connectivity index (χ4n) is 3.47. The first-order valence-corrected chi connectivity index (χ1v) is 9.69. The van der Waals surface area contributed by atoms with Crippen molar-refractivity contribution in [3.8, 4) is 0 Å². The lowest BCUT2D eigenvalue weighted by Gasteiger charge is -2.17. The van der Waals surface area contributed by atoms with Crippen LogP contribution >= 0.6 is 23.2 Å². The van der Waals surface area contributed by atoms with Crippen molar-refractivity contribution in [3.63, 3.8) is 0 Å². The Labute approximate surface area is 162 Å². The number of rotatable bonds is 5. The molecule has 26 heavy (non-hydrogen) atoms. The van der Waals surface area contributed by atoms with E-state index in [1.54, 1.807) is 12.1 Å². The summed E-state index contributed by atoms with van der Waals surface area (Å²) in [5.74, 6) is 1.46. The summed E-state index contributed by atoms with van der Waals surface area (Å²) in [6, 6.07) is 7.42. The lowest BCUT2D eigenvalue weighted by Crippen LogP contribution is -2.40. The second-order valence-electron chi connectivity index (χ2n) is 7.38. The molecule has 5 nitrogen and oxygen atoms in total. The van der Waals surface area contributed by atoms with Crippen molar-refractivity contribution in [1.29, 1.82) is 0 Å². The second kappa shape index (κ2) is 7.22. The average molecular weight is 394 g/mol. The fourth-order valence-corrected chi connectivity index (χ4v) is 3.94. The Kier molecular flexibility index (Phi) is 4.95. The molecule has 1 aromatic carbocycles. The molecule has 1 aliphatic heterocycles. The van der Waals surface area contributed by atoms with Gasteiger partial charge in [0.05, 0.1) is 0 Å². The van der Waals surface area contributed by atoms with Crippen LogP contribution in [0.15, 0.2) is 28.8 Å². The van der Waals surface area contributed by atoms with Gasteiger partial charge in [-0.15, -0.1) is 0 Å². The molecule has 1 aromatic heterocycles. The minimum absolute atomic E-state index is 0.0784.